The molecule has 0 bridgehead atoms. The van der Waals surface area contributed by atoms with Crippen molar-refractivity contribution in [1.82, 2.24) is 5.48 Å². The van der Waals surface area contributed by atoms with E-state index >= 15 is 0 Å². The molecule has 0 spiro atoms. The standard InChI is InChI=1S/C7H14FNO3/c1-7(2,3)12-5(8)6(10)9-11-4/h5H,1-4H3,(H,9,10). The van der Waals surface area contributed by atoms with E-state index in [1.54, 1.807) is 20.8 Å². The quantitative estimate of drug-likeness (QED) is 0.651. The molecule has 0 aliphatic heterocycles. The average Bonchev–Trinajstić information content (AvgIpc) is 1.84. The fraction of sp³-hybridized carbons (Fsp3) is 0.857. The molecule has 0 aromatic heterocycles. The molecule has 72 valence electrons. The normalized spacial score (nSPS) is 14.1. The summed E-state index contributed by atoms with van der Waals surface area (Å²) in [6.07, 6.45) is -2.00. The van der Waals surface area contributed by atoms with Crippen LogP contribution in [0.4, 0.5) is 4.39 Å². The Morgan fingerprint density at radius 1 is 1.50 bits per heavy atom. The Morgan fingerprint density at radius 2 is 2.00 bits per heavy atom. The summed E-state index contributed by atoms with van der Waals surface area (Å²) in [6.45, 7) is 4.96. The number of hydroxylamine groups is 1. The molecule has 12 heavy (non-hydrogen) atoms. The summed E-state index contributed by atoms with van der Waals surface area (Å²) in [7, 11) is 1.22. The number of carbonyl (C=O) groups is 1. The second-order valence-corrected chi connectivity index (χ2v) is 3.22. The minimum Gasteiger partial charge on any atom is -0.335 e. The van der Waals surface area contributed by atoms with Crippen molar-refractivity contribution in [3.63, 3.8) is 0 Å². The van der Waals surface area contributed by atoms with E-state index in [2.05, 4.69) is 4.84 Å². The molecular formula is C7H14FNO3. The van der Waals surface area contributed by atoms with Crippen molar-refractivity contribution in [2.24, 2.45) is 0 Å². The summed E-state index contributed by atoms with van der Waals surface area (Å²) in [4.78, 5) is 14.9. The van der Waals surface area contributed by atoms with Gasteiger partial charge in [-0.25, -0.2) is 9.87 Å². The maximum Gasteiger partial charge on any atom is 0.305 e. The predicted octanol–water partition coefficient (Wildman–Crippen LogP) is 0.775. The highest BCUT2D eigenvalue weighted by molar-refractivity contribution is 5.78. The number of carbonyl (C=O) groups excluding carboxylic acids is 1. The van der Waals surface area contributed by atoms with Crippen LogP contribution in [0.15, 0.2) is 0 Å². The van der Waals surface area contributed by atoms with Gasteiger partial charge in [0.2, 0.25) is 0 Å². The number of amides is 1. The second-order valence-electron chi connectivity index (χ2n) is 3.22. The number of hydrogen-bond acceptors (Lipinski definition) is 3. The third-order valence-electron chi connectivity index (χ3n) is 0.866. The van der Waals surface area contributed by atoms with E-state index in [0.717, 1.165) is 0 Å². The number of rotatable bonds is 3. The molecule has 0 aromatic carbocycles. The summed E-state index contributed by atoms with van der Waals surface area (Å²) in [6, 6.07) is 0. The van der Waals surface area contributed by atoms with Crippen LogP contribution in [0.1, 0.15) is 20.8 Å². The zero-order valence-electron chi connectivity index (χ0n) is 7.68. The summed E-state index contributed by atoms with van der Waals surface area (Å²) in [5.74, 6) is -0.938. The molecule has 0 heterocycles. The molecule has 1 unspecified atom stereocenters. The maximum absolute atomic E-state index is 12.8. The van der Waals surface area contributed by atoms with Crippen molar-refractivity contribution in [2.45, 2.75) is 32.7 Å². The van der Waals surface area contributed by atoms with Gasteiger partial charge in [-0.15, -0.1) is 0 Å². The Labute approximate surface area is 71.0 Å². The van der Waals surface area contributed by atoms with Gasteiger partial charge in [-0.2, -0.15) is 0 Å². The highest BCUT2D eigenvalue weighted by Gasteiger charge is 2.24. The van der Waals surface area contributed by atoms with E-state index in [-0.39, 0.29) is 0 Å². The van der Waals surface area contributed by atoms with Gasteiger partial charge in [0.1, 0.15) is 0 Å². The van der Waals surface area contributed by atoms with E-state index in [4.69, 9.17) is 4.74 Å². The van der Waals surface area contributed by atoms with Gasteiger partial charge in [-0.05, 0) is 20.8 Å². The number of hydrogen-bond donors (Lipinski definition) is 1. The Balaban J connectivity index is 3.87. The molecule has 0 aliphatic rings. The molecule has 1 amide bonds. The van der Waals surface area contributed by atoms with Crippen molar-refractivity contribution < 1.29 is 18.8 Å². The molecule has 0 saturated carbocycles. The van der Waals surface area contributed by atoms with Crippen LogP contribution in [0.25, 0.3) is 0 Å². The molecule has 5 heteroatoms. The van der Waals surface area contributed by atoms with Crippen LogP contribution in [-0.2, 0) is 14.4 Å². The third kappa shape index (κ3) is 5.03. The van der Waals surface area contributed by atoms with Gasteiger partial charge in [0.25, 0.3) is 6.36 Å². The third-order valence-corrected chi connectivity index (χ3v) is 0.866. The highest BCUT2D eigenvalue weighted by atomic mass is 19.1. The van der Waals surface area contributed by atoms with Gasteiger partial charge < -0.3 is 4.74 Å². The molecule has 0 aliphatic carbocycles. The first-order valence-electron chi connectivity index (χ1n) is 3.51. The van der Waals surface area contributed by atoms with Crippen LogP contribution in [0.5, 0.6) is 0 Å². The molecule has 0 fully saturated rings. The van der Waals surface area contributed by atoms with Crippen LogP contribution in [0, 0.1) is 0 Å². The first kappa shape index (κ1) is 11.3. The van der Waals surface area contributed by atoms with E-state index in [9.17, 15) is 9.18 Å². The number of ether oxygens (including phenoxy) is 1. The van der Waals surface area contributed by atoms with Crippen LogP contribution >= 0.6 is 0 Å². The van der Waals surface area contributed by atoms with Gasteiger partial charge in [0.05, 0.1) is 12.7 Å². The summed E-state index contributed by atoms with van der Waals surface area (Å²) >= 11 is 0. The van der Waals surface area contributed by atoms with E-state index in [0.29, 0.717) is 0 Å². The lowest BCUT2D eigenvalue weighted by Gasteiger charge is -2.21. The number of alkyl halides is 1. The van der Waals surface area contributed by atoms with Crippen molar-refractivity contribution in [2.75, 3.05) is 7.11 Å². The zero-order chi connectivity index (χ0) is 9.78. The molecule has 1 atom stereocenters. The Hall–Kier alpha value is -0.680. The van der Waals surface area contributed by atoms with Gasteiger partial charge >= 0.3 is 5.91 Å². The maximum atomic E-state index is 12.8. The minimum absolute atomic E-state index is 0.690. The molecule has 0 saturated heterocycles. The lowest BCUT2D eigenvalue weighted by Crippen LogP contribution is -2.37. The molecule has 0 aromatic rings. The zero-order valence-corrected chi connectivity index (χ0v) is 7.68. The number of halogens is 1. The van der Waals surface area contributed by atoms with Crippen molar-refractivity contribution in [1.29, 1.82) is 0 Å². The lowest BCUT2D eigenvalue weighted by atomic mass is 10.2. The first-order valence-corrected chi connectivity index (χ1v) is 3.51. The Kier molecular flexibility index (Phi) is 4.12. The smallest absolute Gasteiger partial charge is 0.305 e. The summed E-state index contributed by atoms with van der Waals surface area (Å²) in [5.41, 5.74) is 1.14. The van der Waals surface area contributed by atoms with Crippen molar-refractivity contribution >= 4 is 5.91 Å². The summed E-state index contributed by atoms with van der Waals surface area (Å²) < 4.78 is 17.5. The fourth-order valence-electron chi connectivity index (χ4n) is 0.511. The van der Waals surface area contributed by atoms with Crippen molar-refractivity contribution in [3.05, 3.63) is 0 Å². The predicted molar refractivity (Wildman–Crippen MR) is 40.9 cm³/mol. The summed E-state index contributed by atoms with van der Waals surface area (Å²) in [5, 5.41) is 0. The number of nitrogens with one attached hydrogen (secondary N) is 1. The van der Waals surface area contributed by atoms with E-state index < -0.39 is 17.9 Å². The Morgan fingerprint density at radius 3 is 2.33 bits per heavy atom. The largest absolute Gasteiger partial charge is 0.335 e. The highest BCUT2D eigenvalue weighted by Crippen LogP contribution is 2.11. The second kappa shape index (κ2) is 4.37. The molecule has 0 rings (SSSR count). The van der Waals surface area contributed by atoms with E-state index in [1.807, 2.05) is 5.48 Å². The van der Waals surface area contributed by atoms with Crippen LogP contribution < -0.4 is 5.48 Å². The first-order chi connectivity index (χ1) is 5.37. The fourth-order valence-corrected chi connectivity index (χ4v) is 0.511. The molecule has 4 nitrogen and oxygen atoms in total. The van der Waals surface area contributed by atoms with Crippen LogP contribution in [0.3, 0.4) is 0 Å². The minimum atomic E-state index is -2.00. The SMILES string of the molecule is CONC(=O)C(F)OC(C)(C)C. The van der Waals surface area contributed by atoms with Crippen LogP contribution in [0.2, 0.25) is 0 Å². The Bertz CT molecular complexity index is 155. The van der Waals surface area contributed by atoms with Crippen molar-refractivity contribution in [3.8, 4) is 0 Å². The van der Waals surface area contributed by atoms with Gasteiger partial charge in [0, 0.05) is 0 Å². The van der Waals surface area contributed by atoms with Crippen LogP contribution in [-0.4, -0.2) is 25.0 Å². The molecule has 1 N–H and O–H groups in total. The molecule has 0 radical (unpaired) electrons. The molecular weight excluding hydrogens is 165 g/mol. The monoisotopic (exact) mass is 179 g/mol. The lowest BCUT2D eigenvalue weighted by molar-refractivity contribution is -0.171. The van der Waals surface area contributed by atoms with Gasteiger partial charge in [0.15, 0.2) is 0 Å². The average molecular weight is 179 g/mol. The topological polar surface area (TPSA) is 47.6 Å². The van der Waals surface area contributed by atoms with E-state index in [1.165, 1.54) is 7.11 Å². The van der Waals surface area contributed by atoms with Gasteiger partial charge in [-0.1, -0.05) is 0 Å². The van der Waals surface area contributed by atoms with Gasteiger partial charge in [-0.3, -0.25) is 9.63 Å².